The molecule has 23 heavy (non-hydrogen) atoms. The van der Waals surface area contributed by atoms with Crippen molar-refractivity contribution in [2.24, 2.45) is 0 Å². The molecule has 0 saturated carbocycles. The minimum absolute atomic E-state index is 0.807. The molecule has 1 aliphatic rings. The standard InChI is InChI=1S/C17H16BrN5/c18-14-4-1-3-13-5-6-15(21-16(13)14)22-9-11-23(12-10-22)17-19-7-2-8-20-17/h1-8H,9-12H2. The van der Waals surface area contributed by atoms with Crippen LogP contribution in [-0.4, -0.2) is 41.1 Å². The zero-order valence-corrected chi connectivity index (χ0v) is 14.1. The molecule has 3 aromatic rings. The molecule has 1 aromatic carbocycles. The maximum absolute atomic E-state index is 4.83. The normalized spacial score (nSPS) is 15.2. The fourth-order valence-corrected chi connectivity index (χ4v) is 3.34. The number of pyridine rings is 1. The SMILES string of the molecule is Brc1cccc2ccc(N3CCN(c4ncccn4)CC3)nc12. The summed E-state index contributed by atoms with van der Waals surface area (Å²) in [5, 5.41) is 1.15. The van der Waals surface area contributed by atoms with E-state index in [1.165, 1.54) is 0 Å². The van der Waals surface area contributed by atoms with Crippen molar-refractivity contribution in [3.63, 3.8) is 0 Å². The summed E-state index contributed by atoms with van der Waals surface area (Å²) in [6.45, 7) is 3.64. The second kappa shape index (κ2) is 6.12. The molecule has 4 rings (SSSR count). The van der Waals surface area contributed by atoms with Crippen molar-refractivity contribution in [3.05, 3.63) is 53.3 Å². The first-order valence-electron chi connectivity index (χ1n) is 7.63. The number of para-hydroxylation sites is 1. The molecule has 1 aliphatic heterocycles. The Balaban J connectivity index is 1.53. The maximum Gasteiger partial charge on any atom is 0.225 e. The van der Waals surface area contributed by atoms with Crippen LogP contribution in [0.15, 0.2) is 53.3 Å². The molecule has 5 nitrogen and oxygen atoms in total. The highest BCUT2D eigenvalue weighted by Gasteiger charge is 2.20. The third kappa shape index (κ3) is 2.86. The number of piperazine rings is 1. The van der Waals surface area contributed by atoms with E-state index in [-0.39, 0.29) is 0 Å². The third-order valence-corrected chi connectivity index (χ3v) is 4.73. The van der Waals surface area contributed by atoms with Gasteiger partial charge in [0.2, 0.25) is 5.95 Å². The van der Waals surface area contributed by atoms with Gasteiger partial charge in [0, 0.05) is 48.4 Å². The van der Waals surface area contributed by atoms with Gasteiger partial charge in [-0.2, -0.15) is 0 Å². The first-order valence-corrected chi connectivity index (χ1v) is 8.43. The average molecular weight is 370 g/mol. The molecule has 2 aromatic heterocycles. The van der Waals surface area contributed by atoms with Gasteiger partial charge in [-0.15, -0.1) is 0 Å². The molecule has 0 aliphatic carbocycles. The van der Waals surface area contributed by atoms with Crippen molar-refractivity contribution in [1.29, 1.82) is 0 Å². The summed E-state index contributed by atoms with van der Waals surface area (Å²) < 4.78 is 1.04. The van der Waals surface area contributed by atoms with Crippen LogP contribution in [0, 0.1) is 0 Å². The van der Waals surface area contributed by atoms with Crippen LogP contribution in [0.3, 0.4) is 0 Å². The zero-order valence-electron chi connectivity index (χ0n) is 12.6. The Labute approximate surface area is 143 Å². The highest BCUT2D eigenvalue weighted by molar-refractivity contribution is 9.10. The molecule has 0 spiro atoms. The van der Waals surface area contributed by atoms with Crippen LogP contribution in [-0.2, 0) is 0 Å². The molecule has 1 fully saturated rings. The topological polar surface area (TPSA) is 45.2 Å². The Bertz CT molecular complexity index is 816. The first kappa shape index (κ1) is 14.4. The van der Waals surface area contributed by atoms with Crippen LogP contribution in [0.1, 0.15) is 0 Å². The summed E-state index contributed by atoms with van der Waals surface area (Å²) >= 11 is 3.59. The molecule has 0 radical (unpaired) electrons. The van der Waals surface area contributed by atoms with Crippen LogP contribution >= 0.6 is 15.9 Å². The summed E-state index contributed by atoms with van der Waals surface area (Å²) in [5.41, 5.74) is 1.01. The van der Waals surface area contributed by atoms with Crippen molar-refractivity contribution in [2.75, 3.05) is 36.0 Å². The smallest absolute Gasteiger partial charge is 0.225 e. The van der Waals surface area contributed by atoms with E-state index in [0.717, 1.165) is 53.3 Å². The third-order valence-electron chi connectivity index (χ3n) is 4.09. The lowest BCUT2D eigenvalue weighted by atomic mass is 10.2. The number of aromatic nitrogens is 3. The summed E-state index contributed by atoms with van der Waals surface area (Å²) in [6, 6.07) is 12.2. The number of hydrogen-bond acceptors (Lipinski definition) is 5. The Kier molecular flexibility index (Phi) is 3.83. The lowest BCUT2D eigenvalue weighted by molar-refractivity contribution is 0.635. The lowest BCUT2D eigenvalue weighted by Crippen LogP contribution is -2.47. The molecule has 116 valence electrons. The lowest BCUT2D eigenvalue weighted by Gasteiger charge is -2.35. The second-order valence-electron chi connectivity index (χ2n) is 5.50. The number of rotatable bonds is 2. The molecule has 0 bridgehead atoms. The molecule has 6 heteroatoms. The van der Waals surface area contributed by atoms with Gasteiger partial charge in [-0.05, 0) is 40.2 Å². The van der Waals surface area contributed by atoms with Crippen molar-refractivity contribution in [2.45, 2.75) is 0 Å². The van der Waals surface area contributed by atoms with Gasteiger partial charge in [0.1, 0.15) is 5.82 Å². The molecular weight excluding hydrogens is 354 g/mol. The van der Waals surface area contributed by atoms with E-state index in [9.17, 15) is 0 Å². The highest BCUT2D eigenvalue weighted by atomic mass is 79.9. The number of fused-ring (bicyclic) bond motifs is 1. The van der Waals surface area contributed by atoms with Crippen LogP contribution in [0.2, 0.25) is 0 Å². The minimum Gasteiger partial charge on any atom is -0.353 e. The molecule has 0 unspecified atom stereocenters. The van der Waals surface area contributed by atoms with Crippen molar-refractivity contribution in [3.8, 4) is 0 Å². The molecule has 1 saturated heterocycles. The molecule has 0 atom stereocenters. The van der Waals surface area contributed by atoms with Crippen molar-refractivity contribution >= 4 is 38.6 Å². The van der Waals surface area contributed by atoms with E-state index < -0.39 is 0 Å². The summed E-state index contributed by atoms with van der Waals surface area (Å²) in [7, 11) is 0. The Morgan fingerprint density at radius 3 is 2.35 bits per heavy atom. The van der Waals surface area contributed by atoms with Gasteiger partial charge in [0.25, 0.3) is 0 Å². The van der Waals surface area contributed by atoms with Gasteiger partial charge in [-0.1, -0.05) is 12.1 Å². The number of hydrogen-bond donors (Lipinski definition) is 0. The van der Waals surface area contributed by atoms with Crippen LogP contribution in [0.5, 0.6) is 0 Å². The fourth-order valence-electron chi connectivity index (χ4n) is 2.87. The monoisotopic (exact) mass is 369 g/mol. The average Bonchev–Trinajstić information content (AvgIpc) is 2.63. The van der Waals surface area contributed by atoms with Crippen LogP contribution in [0.25, 0.3) is 10.9 Å². The van der Waals surface area contributed by atoms with Crippen LogP contribution in [0.4, 0.5) is 11.8 Å². The van der Waals surface area contributed by atoms with Crippen molar-refractivity contribution in [1.82, 2.24) is 15.0 Å². The van der Waals surface area contributed by atoms with Crippen molar-refractivity contribution < 1.29 is 0 Å². The van der Waals surface area contributed by atoms with E-state index in [4.69, 9.17) is 4.98 Å². The molecule has 3 heterocycles. The molecule has 0 amide bonds. The molecule has 0 N–H and O–H groups in total. The van der Waals surface area contributed by atoms with E-state index in [0.29, 0.717) is 0 Å². The second-order valence-corrected chi connectivity index (χ2v) is 6.36. The number of nitrogens with zero attached hydrogens (tertiary/aromatic N) is 5. The number of benzene rings is 1. The van der Waals surface area contributed by atoms with E-state index in [2.05, 4.69) is 53.9 Å². The predicted molar refractivity (Wildman–Crippen MR) is 95.9 cm³/mol. The zero-order chi connectivity index (χ0) is 15.6. The van der Waals surface area contributed by atoms with Gasteiger partial charge in [0.15, 0.2) is 0 Å². The van der Waals surface area contributed by atoms with Gasteiger partial charge in [0.05, 0.1) is 5.52 Å². The first-order chi connectivity index (χ1) is 11.3. The summed E-state index contributed by atoms with van der Waals surface area (Å²) in [4.78, 5) is 18.0. The number of halogens is 1. The largest absolute Gasteiger partial charge is 0.353 e. The Morgan fingerprint density at radius 1 is 0.826 bits per heavy atom. The molecular formula is C17H16BrN5. The maximum atomic E-state index is 4.83. The summed E-state index contributed by atoms with van der Waals surface area (Å²) in [6.07, 6.45) is 3.58. The van der Waals surface area contributed by atoms with Crippen LogP contribution < -0.4 is 9.80 Å². The quantitative estimate of drug-likeness (QED) is 0.694. The van der Waals surface area contributed by atoms with E-state index in [1.807, 2.05) is 18.2 Å². The van der Waals surface area contributed by atoms with Gasteiger partial charge in [-0.25, -0.2) is 15.0 Å². The number of anilines is 2. The fraction of sp³-hybridized carbons (Fsp3) is 0.235. The summed E-state index contributed by atoms with van der Waals surface area (Å²) in [5.74, 6) is 1.83. The predicted octanol–water partition coefficient (Wildman–Crippen LogP) is 3.11. The van der Waals surface area contributed by atoms with E-state index >= 15 is 0 Å². The van der Waals surface area contributed by atoms with E-state index in [1.54, 1.807) is 12.4 Å². The minimum atomic E-state index is 0.807. The van der Waals surface area contributed by atoms with Gasteiger partial charge in [-0.3, -0.25) is 0 Å². The van der Waals surface area contributed by atoms with Gasteiger partial charge >= 0.3 is 0 Å². The Morgan fingerprint density at radius 2 is 1.57 bits per heavy atom. The highest BCUT2D eigenvalue weighted by Crippen LogP contribution is 2.25. The Hall–Kier alpha value is -2.21. The van der Waals surface area contributed by atoms with Gasteiger partial charge < -0.3 is 9.80 Å².